The van der Waals surface area contributed by atoms with Crippen LogP contribution in [0.25, 0.3) is 0 Å². The Labute approximate surface area is 86.4 Å². The topological polar surface area (TPSA) is 29.5 Å². The smallest absolute Gasteiger partial charge is 0.251 e. The van der Waals surface area contributed by atoms with E-state index in [1.165, 1.54) is 0 Å². The molecular formula is C11H21NO2. The molecule has 0 bridgehead atoms. The van der Waals surface area contributed by atoms with E-state index in [9.17, 15) is 4.79 Å². The van der Waals surface area contributed by atoms with Gasteiger partial charge < -0.3 is 9.64 Å². The lowest BCUT2D eigenvalue weighted by Gasteiger charge is -2.28. The van der Waals surface area contributed by atoms with Gasteiger partial charge in [-0.15, -0.1) is 0 Å². The Kier molecular flexibility index (Phi) is 3.53. The van der Waals surface area contributed by atoms with Crippen LogP contribution in [0.4, 0.5) is 0 Å². The number of carbonyl (C=O) groups excluding carboxylic acids is 1. The van der Waals surface area contributed by atoms with Crippen LogP contribution in [0.15, 0.2) is 0 Å². The number of hydrogen-bond acceptors (Lipinski definition) is 2. The number of ether oxygens (including phenoxy) is 1. The lowest BCUT2D eigenvalue weighted by atomic mass is 9.96. The van der Waals surface area contributed by atoms with E-state index in [4.69, 9.17) is 4.74 Å². The minimum atomic E-state index is -0.178. The van der Waals surface area contributed by atoms with Crippen LogP contribution in [-0.2, 0) is 9.53 Å². The molecule has 1 aliphatic rings. The highest BCUT2D eigenvalue weighted by molar-refractivity contribution is 5.80. The Morgan fingerprint density at radius 3 is 2.57 bits per heavy atom. The normalized spacial score (nSPS) is 22.4. The van der Waals surface area contributed by atoms with Crippen LogP contribution < -0.4 is 0 Å². The lowest BCUT2D eigenvalue weighted by molar-refractivity contribution is -0.140. The molecule has 0 radical (unpaired) electrons. The maximum Gasteiger partial charge on any atom is 0.251 e. The number of carbonyl (C=O) groups is 1. The van der Waals surface area contributed by atoms with Crippen molar-refractivity contribution in [2.24, 2.45) is 5.41 Å². The Morgan fingerprint density at radius 1 is 1.50 bits per heavy atom. The van der Waals surface area contributed by atoms with Gasteiger partial charge in [-0.05, 0) is 18.3 Å². The molecule has 1 amide bonds. The summed E-state index contributed by atoms with van der Waals surface area (Å²) in [7, 11) is 1.86. The van der Waals surface area contributed by atoms with Crippen LogP contribution in [0.1, 0.15) is 33.6 Å². The van der Waals surface area contributed by atoms with Gasteiger partial charge in [0.05, 0.1) is 0 Å². The van der Waals surface area contributed by atoms with Gasteiger partial charge in [0.15, 0.2) is 0 Å². The first-order chi connectivity index (χ1) is 6.40. The molecule has 1 rings (SSSR count). The molecule has 1 saturated heterocycles. The molecule has 1 heterocycles. The highest BCUT2D eigenvalue weighted by atomic mass is 16.5. The van der Waals surface area contributed by atoms with Crippen LogP contribution in [0.3, 0.4) is 0 Å². The molecule has 0 saturated carbocycles. The summed E-state index contributed by atoms with van der Waals surface area (Å²) >= 11 is 0. The largest absolute Gasteiger partial charge is 0.368 e. The van der Waals surface area contributed by atoms with Crippen molar-refractivity contribution in [1.82, 2.24) is 4.90 Å². The van der Waals surface area contributed by atoms with Crippen molar-refractivity contribution in [2.75, 3.05) is 20.2 Å². The second kappa shape index (κ2) is 4.30. The summed E-state index contributed by atoms with van der Waals surface area (Å²) in [6.07, 6.45) is 1.72. The van der Waals surface area contributed by atoms with E-state index in [1.54, 1.807) is 4.90 Å². The van der Waals surface area contributed by atoms with Gasteiger partial charge in [0.25, 0.3) is 5.91 Å². The molecule has 0 N–H and O–H groups in total. The summed E-state index contributed by atoms with van der Waals surface area (Å²) in [4.78, 5) is 13.6. The Bertz CT molecular complexity index is 202. The Hall–Kier alpha value is -0.570. The second-order valence-electron chi connectivity index (χ2n) is 5.26. The second-order valence-corrected chi connectivity index (χ2v) is 5.26. The van der Waals surface area contributed by atoms with Crippen molar-refractivity contribution >= 4 is 5.91 Å². The fourth-order valence-corrected chi connectivity index (χ4v) is 1.81. The molecule has 0 aromatic heterocycles. The third-order valence-electron chi connectivity index (χ3n) is 2.29. The molecule has 1 unspecified atom stereocenters. The number of nitrogens with zero attached hydrogens (tertiary/aromatic N) is 1. The molecule has 0 aliphatic carbocycles. The first kappa shape index (κ1) is 11.5. The molecule has 3 nitrogen and oxygen atoms in total. The third-order valence-corrected chi connectivity index (χ3v) is 2.29. The number of rotatable bonds is 2. The van der Waals surface area contributed by atoms with Gasteiger partial charge in [-0.2, -0.15) is 0 Å². The van der Waals surface area contributed by atoms with E-state index < -0.39 is 0 Å². The van der Waals surface area contributed by atoms with Gasteiger partial charge in [0, 0.05) is 20.2 Å². The number of amides is 1. The van der Waals surface area contributed by atoms with Crippen LogP contribution in [0.2, 0.25) is 0 Å². The van der Waals surface area contributed by atoms with Crippen LogP contribution in [0.5, 0.6) is 0 Å². The SMILES string of the molecule is CN(CC(C)(C)C)C(=O)C1CCCO1. The van der Waals surface area contributed by atoms with Crippen molar-refractivity contribution in [3.8, 4) is 0 Å². The average Bonchev–Trinajstić information content (AvgIpc) is 2.51. The van der Waals surface area contributed by atoms with E-state index in [0.29, 0.717) is 0 Å². The molecular weight excluding hydrogens is 178 g/mol. The highest BCUT2D eigenvalue weighted by Crippen LogP contribution is 2.18. The summed E-state index contributed by atoms with van der Waals surface area (Å²) in [6, 6.07) is 0. The monoisotopic (exact) mass is 199 g/mol. The molecule has 82 valence electrons. The number of hydrogen-bond donors (Lipinski definition) is 0. The summed E-state index contributed by atoms with van der Waals surface area (Å²) < 4.78 is 5.36. The van der Waals surface area contributed by atoms with Crippen LogP contribution in [0, 0.1) is 5.41 Å². The van der Waals surface area contributed by atoms with E-state index in [0.717, 1.165) is 26.0 Å². The third kappa shape index (κ3) is 3.29. The van der Waals surface area contributed by atoms with E-state index in [2.05, 4.69) is 20.8 Å². The zero-order valence-corrected chi connectivity index (χ0v) is 9.67. The predicted molar refractivity (Wildman–Crippen MR) is 56.1 cm³/mol. The summed E-state index contributed by atoms with van der Waals surface area (Å²) in [5.74, 6) is 0.137. The molecule has 1 atom stereocenters. The molecule has 0 aromatic rings. The Balaban J connectivity index is 2.43. The van der Waals surface area contributed by atoms with Crippen molar-refractivity contribution in [3.05, 3.63) is 0 Å². The average molecular weight is 199 g/mol. The Morgan fingerprint density at radius 2 is 2.14 bits per heavy atom. The molecule has 1 aliphatic heterocycles. The molecule has 0 aromatic carbocycles. The fraction of sp³-hybridized carbons (Fsp3) is 0.909. The van der Waals surface area contributed by atoms with E-state index in [1.807, 2.05) is 7.05 Å². The summed E-state index contributed by atoms with van der Waals surface area (Å²) in [5, 5.41) is 0. The van der Waals surface area contributed by atoms with Crippen molar-refractivity contribution in [3.63, 3.8) is 0 Å². The first-order valence-corrected chi connectivity index (χ1v) is 5.27. The molecule has 1 fully saturated rings. The zero-order chi connectivity index (χ0) is 10.8. The first-order valence-electron chi connectivity index (χ1n) is 5.27. The molecule has 3 heteroatoms. The highest BCUT2D eigenvalue weighted by Gasteiger charge is 2.28. The van der Waals surface area contributed by atoms with Gasteiger partial charge >= 0.3 is 0 Å². The minimum Gasteiger partial charge on any atom is -0.368 e. The molecule has 14 heavy (non-hydrogen) atoms. The quantitative estimate of drug-likeness (QED) is 0.677. The summed E-state index contributed by atoms with van der Waals surface area (Å²) in [5.41, 5.74) is 0.156. The van der Waals surface area contributed by atoms with Crippen LogP contribution in [-0.4, -0.2) is 37.1 Å². The standard InChI is InChI=1S/C11H21NO2/c1-11(2,3)8-12(4)10(13)9-6-5-7-14-9/h9H,5-8H2,1-4H3. The van der Waals surface area contributed by atoms with Crippen molar-refractivity contribution < 1.29 is 9.53 Å². The van der Waals surface area contributed by atoms with Gasteiger partial charge in [0.1, 0.15) is 6.10 Å². The fourth-order valence-electron chi connectivity index (χ4n) is 1.81. The maximum atomic E-state index is 11.8. The predicted octanol–water partition coefficient (Wildman–Crippen LogP) is 1.67. The maximum absolute atomic E-state index is 11.8. The van der Waals surface area contributed by atoms with Gasteiger partial charge in [-0.3, -0.25) is 4.79 Å². The van der Waals surface area contributed by atoms with Gasteiger partial charge in [-0.1, -0.05) is 20.8 Å². The zero-order valence-electron chi connectivity index (χ0n) is 9.67. The minimum absolute atomic E-state index is 0.137. The molecule has 0 spiro atoms. The van der Waals surface area contributed by atoms with Crippen molar-refractivity contribution in [1.29, 1.82) is 0 Å². The number of likely N-dealkylation sites (N-methyl/N-ethyl adjacent to an activating group) is 1. The van der Waals surface area contributed by atoms with E-state index in [-0.39, 0.29) is 17.4 Å². The van der Waals surface area contributed by atoms with Gasteiger partial charge in [0.2, 0.25) is 0 Å². The van der Waals surface area contributed by atoms with E-state index >= 15 is 0 Å². The van der Waals surface area contributed by atoms with Gasteiger partial charge in [-0.25, -0.2) is 0 Å². The summed E-state index contributed by atoms with van der Waals surface area (Å²) in [6.45, 7) is 7.91. The lowest BCUT2D eigenvalue weighted by Crippen LogP contribution is -2.40. The van der Waals surface area contributed by atoms with Crippen LogP contribution >= 0.6 is 0 Å². The van der Waals surface area contributed by atoms with Crippen molar-refractivity contribution in [2.45, 2.75) is 39.7 Å².